The van der Waals surface area contributed by atoms with Gasteiger partial charge in [-0.05, 0) is 25.6 Å². The fraction of sp³-hybridized carbons (Fsp3) is 0.636. The average Bonchev–Trinajstić information content (AvgIpc) is 2.71. The molecule has 20 heavy (non-hydrogen) atoms. The maximum absolute atomic E-state index is 12.2. The molecule has 1 rings (SSSR count). The Balaban J connectivity index is 2.71. The zero-order valence-electron chi connectivity index (χ0n) is 11.1. The summed E-state index contributed by atoms with van der Waals surface area (Å²) in [7, 11) is -3.90. The van der Waals surface area contributed by atoms with E-state index in [1.54, 1.807) is 6.07 Å². The molecule has 0 spiro atoms. The molecular formula is C11H17F3N2O2S2. The largest absolute Gasteiger partial charge is 0.390 e. The highest BCUT2D eigenvalue weighted by molar-refractivity contribution is 7.91. The summed E-state index contributed by atoms with van der Waals surface area (Å²) in [5.41, 5.74) is 0. The lowest BCUT2D eigenvalue weighted by Crippen LogP contribution is -2.35. The van der Waals surface area contributed by atoms with E-state index in [9.17, 15) is 21.6 Å². The van der Waals surface area contributed by atoms with Gasteiger partial charge < -0.3 is 5.32 Å². The predicted molar refractivity (Wildman–Crippen MR) is 72.2 cm³/mol. The Morgan fingerprint density at radius 1 is 1.35 bits per heavy atom. The molecule has 1 aromatic rings. The molecule has 2 N–H and O–H groups in total. The van der Waals surface area contributed by atoms with Gasteiger partial charge in [-0.15, -0.1) is 11.3 Å². The Morgan fingerprint density at radius 3 is 2.55 bits per heavy atom. The highest BCUT2D eigenvalue weighted by Crippen LogP contribution is 2.24. The van der Waals surface area contributed by atoms with E-state index in [1.165, 1.54) is 13.0 Å². The van der Waals surface area contributed by atoms with Crippen molar-refractivity contribution < 1.29 is 21.6 Å². The second-order valence-corrected chi connectivity index (χ2v) is 7.45. The molecule has 0 radical (unpaired) electrons. The van der Waals surface area contributed by atoms with Gasteiger partial charge in [-0.1, -0.05) is 6.92 Å². The normalized spacial score (nSPS) is 14.4. The summed E-state index contributed by atoms with van der Waals surface area (Å²) < 4.78 is 62.5. The first kappa shape index (κ1) is 17.4. The predicted octanol–water partition coefficient (Wildman–Crippen LogP) is 2.48. The fourth-order valence-electron chi connectivity index (χ4n) is 1.56. The van der Waals surface area contributed by atoms with Crippen molar-refractivity contribution in [3.63, 3.8) is 0 Å². The summed E-state index contributed by atoms with van der Waals surface area (Å²) in [6, 6.07) is 1.86. The Bertz CT molecular complexity index is 526. The van der Waals surface area contributed by atoms with Gasteiger partial charge in [0.2, 0.25) is 10.0 Å². The number of thiophene rings is 1. The van der Waals surface area contributed by atoms with Crippen LogP contribution in [-0.4, -0.2) is 27.2 Å². The van der Waals surface area contributed by atoms with Gasteiger partial charge in [0.25, 0.3) is 0 Å². The standard InChI is InChI=1S/C11H17F3N2O2S2/c1-3-15-7-9-4-5-10(19-9)20(17,18)16-8(2)6-11(12,13)14/h4-5,8,15-16H,3,6-7H2,1-2H3. The van der Waals surface area contributed by atoms with Crippen LogP contribution in [0.2, 0.25) is 0 Å². The summed E-state index contributed by atoms with van der Waals surface area (Å²) in [4.78, 5) is 0.815. The molecule has 9 heteroatoms. The molecule has 0 aliphatic heterocycles. The smallest absolute Gasteiger partial charge is 0.312 e. The third kappa shape index (κ3) is 5.78. The number of hydrogen-bond donors (Lipinski definition) is 2. The number of hydrogen-bond acceptors (Lipinski definition) is 4. The van der Waals surface area contributed by atoms with Crippen LogP contribution in [-0.2, 0) is 16.6 Å². The molecule has 4 nitrogen and oxygen atoms in total. The molecule has 0 saturated carbocycles. The van der Waals surface area contributed by atoms with E-state index in [-0.39, 0.29) is 4.21 Å². The summed E-state index contributed by atoms with van der Waals surface area (Å²) in [5.74, 6) is 0. The molecule has 0 fully saturated rings. The number of alkyl halides is 3. The quantitative estimate of drug-likeness (QED) is 0.807. The van der Waals surface area contributed by atoms with Crippen molar-refractivity contribution in [3.05, 3.63) is 17.0 Å². The monoisotopic (exact) mass is 330 g/mol. The van der Waals surface area contributed by atoms with Crippen molar-refractivity contribution in [3.8, 4) is 0 Å². The van der Waals surface area contributed by atoms with Crippen molar-refractivity contribution in [1.82, 2.24) is 10.0 Å². The van der Waals surface area contributed by atoms with Gasteiger partial charge in [-0.25, -0.2) is 13.1 Å². The molecular weight excluding hydrogens is 313 g/mol. The lowest BCUT2D eigenvalue weighted by molar-refractivity contribution is -0.137. The SMILES string of the molecule is CCNCc1ccc(S(=O)(=O)NC(C)CC(F)(F)F)s1. The van der Waals surface area contributed by atoms with E-state index in [0.29, 0.717) is 6.54 Å². The second-order valence-electron chi connectivity index (χ2n) is 4.34. The second kappa shape index (κ2) is 6.88. The van der Waals surface area contributed by atoms with Gasteiger partial charge in [0.05, 0.1) is 6.42 Å². The maximum atomic E-state index is 12.2. The van der Waals surface area contributed by atoms with Crippen LogP contribution >= 0.6 is 11.3 Å². The van der Waals surface area contributed by atoms with Crippen LogP contribution in [0.3, 0.4) is 0 Å². The minimum Gasteiger partial charge on any atom is -0.312 e. The van der Waals surface area contributed by atoms with Crippen molar-refractivity contribution >= 4 is 21.4 Å². The third-order valence-electron chi connectivity index (χ3n) is 2.35. The molecule has 1 heterocycles. The van der Waals surface area contributed by atoms with E-state index in [4.69, 9.17) is 0 Å². The molecule has 1 aromatic heterocycles. The lowest BCUT2D eigenvalue weighted by atomic mass is 10.2. The Kier molecular flexibility index (Phi) is 5.99. The van der Waals surface area contributed by atoms with Crippen molar-refractivity contribution in [2.75, 3.05) is 6.54 Å². The zero-order valence-corrected chi connectivity index (χ0v) is 12.8. The topological polar surface area (TPSA) is 58.2 Å². The van der Waals surface area contributed by atoms with E-state index in [2.05, 4.69) is 5.32 Å². The van der Waals surface area contributed by atoms with Crippen LogP contribution in [0.25, 0.3) is 0 Å². The number of nitrogens with one attached hydrogen (secondary N) is 2. The maximum Gasteiger partial charge on any atom is 0.390 e. The van der Waals surface area contributed by atoms with Crippen LogP contribution in [0.1, 0.15) is 25.1 Å². The fourth-order valence-corrected chi connectivity index (χ4v) is 4.14. The van der Waals surface area contributed by atoms with Crippen LogP contribution in [0.15, 0.2) is 16.3 Å². The van der Waals surface area contributed by atoms with Crippen LogP contribution in [0.5, 0.6) is 0 Å². The highest BCUT2D eigenvalue weighted by Gasteiger charge is 2.32. The van der Waals surface area contributed by atoms with E-state index in [1.807, 2.05) is 11.6 Å². The van der Waals surface area contributed by atoms with Crippen LogP contribution in [0.4, 0.5) is 13.2 Å². The lowest BCUT2D eigenvalue weighted by Gasteiger charge is -2.15. The number of halogens is 3. The van der Waals surface area contributed by atoms with Crippen LogP contribution in [0, 0.1) is 0 Å². The molecule has 116 valence electrons. The molecule has 1 atom stereocenters. The summed E-state index contributed by atoms with van der Waals surface area (Å²) in [5, 5.41) is 3.05. The zero-order chi connectivity index (χ0) is 15.4. The Hall–Kier alpha value is -0.640. The average molecular weight is 330 g/mol. The van der Waals surface area contributed by atoms with Crippen molar-refractivity contribution in [2.24, 2.45) is 0 Å². The Morgan fingerprint density at radius 2 is 2.00 bits per heavy atom. The summed E-state index contributed by atoms with van der Waals surface area (Å²) >= 11 is 1.05. The first-order chi connectivity index (χ1) is 9.14. The van der Waals surface area contributed by atoms with E-state index in [0.717, 1.165) is 22.8 Å². The Labute approximate surface area is 120 Å². The van der Waals surface area contributed by atoms with Gasteiger partial charge in [-0.3, -0.25) is 0 Å². The molecule has 0 saturated heterocycles. The molecule has 1 unspecified atom stereocenters. The van der Waals surface area contributed by atoms with Gasteiger partial charge in [0.15, 0.2) is 0 Å². The van der Waals surface area contributed by atoms with E-state index >= 15 is 0 Å². The molecule has 0 aromatic carbocycles. The van der Waals surface area contributed by atoms with Crippen molar-refractivity contribution in [1.29, 1.82) is 0 Å². The first-order valence-corrected chi connectivity index (χ1v) is 8.32. The number of rotatable bonds is 7. The minimum atomic E-state index is -4.40. The van der Waals surface area contributed by atoms with E-state index < -0.39 is 28.7 Å². The van der Waals surface area contributed by atoms with Crippen molar-refractivity contribution in [2.45, 2.75) is 43.2 Å². The molecule has 0 bridgehead atoms. The van der Waals surface area contributed by atoms with Gasteiger partial charge in [0.1, 0.15) is 4.21 Å². The minimum absolute atomic E-state index is 0.0272. The first-order valence-electron chi connectivity index (χ1n) is 6.02. The van der Waals surface area contributed by atoms with Gasteiger partial charge in [-0.2, -0.15) is 13.2 Å². The molecule has 0 aliphatic carbocycles. The third-order valence-corrected chi connectivity index (χ3v) is 5.51. The highest BCUT2D eigenvalue weighted by atomic mass is 32.2. The molecule has 0 aliphatic rings. The van der Waals surface area contributed by atoms with Crippen LogP contribution < -0.4 is 10.0 Å². The van der Waals surface area contributed by atoms with Gasteiger partial charge in [0, 0.05) is 17.5 Å². The van der Waals surface area contributed by atoms with Gasteiger partial charge >= 0.3 is 6.18 Å². The summed E-state index contributed by atoms with van der Waals surface area (Å²) in [6.45, 7) is 4.40. The molecule has 0 amide bonds. The summed E-state index contributed by atoms with van der Waals surface area (Å²) in [6.07, 6.45) is -5.59. The number of sulfonamides is 1.